The van der Waals surface area contributed by atoms with E-state index in [9.17, 15) is 19.2 Å². The Labute approximate surface area is 216 Å². The maximum absolute atomic E-state index is 13.1. The van der Waals surface area contributed by atoms with Gasteiger partial charge < -0.3 is 14.4 Å². The Morgan fingerprint density at radius 1 is 1.14 bits per heavy atom. The maximum atomic E-state index is 13.1. The van der Waals surface area contributed by atoms with E-state index in [1.807, 2.05) is 58.0 Å². The molecule has 0 saturated carbocycles. The van der Waals surface area contributed by atoms with Crippen molar-refractivity contribution in [2.24, 2.45) is 7.05 Å². The highest BCUT2D eigenvalue weighted by Gasteiger charge is 2.31. The van der Waals surface area contributed by atoms with Gasteiger partial charge in [-0.25, -0.2) is 9.59 Å². The lowest BCUT2D eigenvalue weighted by atomic mass is 10.1. The summed E-state index contributed by atoms with van der Waals surface area (Å²) in [6.07, 6.45) is 5.40. The fourth-order valence-corrected chi connectivity index (χ4v) is 4.92. The Kier molecular flexibility index (Phi) is 7.59. The molecule has 10 heteroatoms. The molecule has 2 fully saturated rings. The van der Waals surface area contributed by atoms with E-state index in [-0.39, 0.29) is 36.3 Å². The van der Waals surface area contributed by atoms with Crippen LogP contribution in [0.25, 0.3) is 17.1 Å². The first kappa shape index (κ1) is 26.7. The lowest BCUT2D eigenvalue weighted by Crippen LogP contribution is -2.44. The molecule has 37 heavy (non-hydrogen) atoms. The smallest absolute Gasteiger partial charge is 0.410 e. The van der Waals surface area contributed by atoms with Crippen molar-refractivity contribution in [2.45, 2.75) is 77.2 Å². The summed E-state index contributed by atoms with van der Waals surface area (Å²) in [6.45, 7) is 8.71. The third-order valence-corrected chi connectivity index (χ3v) is 6.70. The van der Waals surface area contributed by atoms with E-state index in [0.29, 0.717) is 30.5 Å². The Hall–Kier alpha value is -3.40. The number of carbonyl (C=O) groups is 3. The lowest BCUT2D eigenvalue weighted by molar-refractivity contribution is -0.135. The predicted octanol–water partition coefficient (Wildman–Crippen LogP) is 3.14. The van der Waals surface area contributed by atoms with E-state index >= 15 is 0 Å². The Morgan fingerprint density at radius 3 is 2.49 bits per heavy atom. The average molecular weight is 513 g/mol. The van der Waals surface area contributed by atoms with E-state index in [1.165, 1.54) is 9.13 Å². The highest BCUT2D eigenvalue weighted by molar-refractivity contribution is 6.00. The second-order valence-corrected chi connectivity index (χ2v) is 10.8. The van der Waals surface area contributed by atoms with Crippen LogP contribution >= 0.6 is 0 Å². The first-order valence-corrected chi connectivity index (χ1v) is 12.8. The molecule has 0 aliphatic carbocycles. The second-order valence-electron chi connectivity index (χ2n) is 10.8. The van der Waals surface area contributed by atoms with Crippen molar-refractivity contribution in [2.75, 3.05) is 13.1 Å². The predicted molar refractivity (Wildman–Crippen MR) is 139 cm³/mol. The first-order valence-electron chi connectivity index (χ1n) is 12.8. The second kappa shape index (κ2) is 10.5. The van der Waals surface area contributed by atoms with Crippen LogP contribution in [-0.2, 0) is 26.1 Å². The van der Waals surface area contributed by atoms with Gasteiger partial charge in [0.1, 0.15) is 11.6 Å². The minimum absolute atomic E-state index is 0.0343. The molecule has 3 amide bonds. The number of rotatable bonds is 5. The minimum atomic E-state index is -0.720. The minimum Gasteiger partial charge on any atom is -0.444 e. The number of benzene rings is 1. The number of piperidine rings is 2. The third-order valence-electron chi connectivity index (χ3n) is 6.70. The number of para-hydroxylation sites is 1. The molecule has 2 saturated heterocycles. The number of hydrogen-bond donors (Lipinski definition) is 1. The lowest BCUT2D eigenvalue weighted by Gasteiger charge is -2.34. The van der Waals surface area contributed by atoms with Crippen LogP contribution in [0.15, 0.2) is 29.1 Å². The van der Waals surface area contributed by atoms with Gasteiger partial charge in [-0.15, -0.1) is 0 Å². The summed E-state index contributed by atoms with van der Waals surface area (Å²) in [5, 5.41) is 2.34. The number of amides is 3. The number of hydrogen-bond acceptors (Lipinski definition) is 6. The molecule has 1 N–H and O–H groups in total. The number of imide groups is 1. The van der Waals surface area contributed by atoms with E-state index in [1.54, 1.807) is 11.9 Å². The summed E-state index contributed by atoms with van der Waals surface area (Å²) >= 11 is 0. The van der Waals surface area contributed by atoms with Crippen LogP contribution in [0.5, 0.6) is 0 Å². The Bertz CT molecular complexity index is 1280. The van der Waals surface area contributed by atoms with Crippen molar-refractivity contribution in [1.82, 2.24) is 19.4 Å². The van der Waals surface area contributed by atoms with E-state index < -0.39 is 17.6 Å². The number of likely N-dealkylation sites (tertiary alicyclic amines) is 1. The fourth-order valence-electron chi connectivity index (χ4n) is 4.92. The highest BCUT2D eigenvalue weighted by Crippen LogP contribution is 2.26. The molecule has 1 unspecified atom stereocenters. The molecule has 4 rings (SSSR count). The Balaban J connectivity index is 1.44. The summed E-state index contributed by atoms with van der Waals surface area (Å²) in [6, 6.07) is 4.86. The number of fused-ring (bicyclic) bond motifs is 1. The normalized spacial score (nSPS) is 20.5. The largest absolute Gasteiger partial charge is 0.444 e. The highest BCUT2D eigenvalue weighted by atomic mass is 16.6. The molecule has 2 aromatic rings. The molecule has 1 aromatic carbocycles. The topological polar surface area (TPSA) is 112 Å². The molecule has 200 valence electrons. The summed E-state index contributed by atoms with van der Waals surface area (Å²) in [4.78, 5) is 51.1. The zero-order valence-corrected chi connectivity index (χ0v) is 22.2. The van der Waals surface area contributed by atoms with E-state index in [2.05, 4.69) is 5.32 Å². The molecule has 1 aromatic heterocycles. The van der Waals surface area contributed by atoms with Crippen molar-refractivity contribution in [3.8, 4) is 0 Å². The molecule has 2 aliphatic heterocycles. The zero-order valence-electron chi connectivity index (χ0n) is 22.2. The standard InChI is InChI=1S/C27H36N4O6/c1-17(36-19-13-15-30(16-14-19)26(35)37-27(2,3)4)9-10-18-7-6-8-20-23(18)29(5)25(34)31(20)21-11-12-22(32)28-24(21)33/h6-10,17,19,21H,11-16H2,1-5H3,(H,28,32,33)/b10-9+/t17-,21?/m1/s1. The van der Waals surface area contributed by atoms with Gasteiger partial charge in [0.25, 0.3) is 0 Å². The fraction of sp³-hybridized carbons (Fsp3) is 0.556. The number of ether oxygens (including phenoxy) is 2. The van der Waals surface area contributed by atoms with Gasteiger partial charge in [0.15, 0.2) is 0 Å². The molecule has 10 nitrogen and oxygen atoms in total. The van der Waals surface area contributed by atoms with Crippen LogP contribution in [0.1, 0.15) is 65.0 Å². The summed E-state index contributed by atoms with van der Waals surface area (Å²) < 4.78 is 14.7. The monoisotopic (exact) mass is 512 g/mol. The SMILES string of the molecule is C[C@H](/C=C/c1cccc2c1n(C)c(=O)n2C1CCC(=O)NC1=O)OC1CCN(C(=O)OC(C)(C)C)CC1. The molecular weight excluding hydrogens is 476 g/mol. The molecule has 2 aliphatic rings. The van der Waals surface area contributed by atoms with Crippen molar-refractivity contribution >= 4 is 35.0 Å². The molecule has 0 radical (unpaired) electrons. The van der Waals surface area contributed by atoms with E-state index in [0.717, 1.165) is 18.4 Å². The molecule has 3 heterocycles. The van der Waals surface area contributed by atoms with Crippen LogP contribution in [0.3, 0.4) is 0 Å². The van der Waals surface area contributed by atoms with Crippen molar-refractivity contribution in [1.29, 1.82) is 0 Å². The quantitative estimate of drug-likeness (QED) is 0.616. The van der Waals surface area contributed by atoms with Gasteiger partial charge >= 0.3 is 11.8 Å². The number of aromatic nitrogens is 2. The average Bonchev–Trinajstić information content (AvgIpc) is 3.08. The van der Waals surface area contributed by atoms with Crippen LogP contribution in [0, 0.1) is 0 Å². The van der Waals surface area contributed by atoms with Gasteiger partial charge in [0.2, 0.25) is 11.8 Å². The van der Waals surface area contributed by atoms with Crippen molar-refractivity contribution in [3.63, 3.8) is 0 Å². The summed E-state index contributed by atoms with van der Waals surface area (Å²) in [5.74, 6) is -0.769. The summed E-state index contributed by atoms with van der Waals surface area (Å²) in [7, 11) is 1.68. The van der Waals surface area contributed by atoms with Crippen molar-refractivity contribution in [3.05, 3.63) is 40.3 Å². The zero-order chi connectivity index (χ0) is 26.9. The van der Waals surface area contributed by atoms with Gasteiger partial charge in [0.05, 0.1) is 23.2 Å². The van der Waals surface area contributed by atoms with Crippen LogP contribution in [0.2, 0.25) is 0 Å². The van der Waals surface area contributed by atoms with Gasteiger partial charge in [-0.2, -0.15) is 0 Å². The van der Waals surface area contributed by atoms with Gasteiger partial charge in [-0.3, -0.25) is 24.0 Å². The number of carbonyl (C=O) groups excluding carboxylic acids is 3. The first-order chi connectivity index (χ1) is 17.4. The van der Waals surface area contributed by atoms with Crippen LogP contribution in [-0.4, -0.2) is 62.8 Å². The van der Waals surface area contributed by atoms with Crippen LogP contribution < -0.4 is 11.0 Å². The molecule has 0 spiro atoms. The molecular formula is C27H36N4O6. The molecule has 0 bridgehead atoms. The van der Waals surface area contributed by atoms with Gasteiger partial charge in [-0.05, 0) is 53.0 Å². The number of nitrogens with zero attached hydrogens (tertiary/aromatic N) is 3. The number of aryl methyl sites for hydroxylation is 1. The maximum Gasteiger partial charge on any atom is 0.410 e. The van der Waals surface area contributed by atoms with Gasteiger partial charge in [0, 0.05) is 32.1 Å². The van der Waals surface area contributed by atoms with Crippen molar-refractivity contribution < 1.29 is 23.9 Å². The number of imidazole rings is 1. The van der Waals surface area contributed by atoms with Crippen LogP contribution in [0.4, 0.5) is 4.79 Å². The number of nitrogens with one attached hydrogen (secondary N) is 1. The summed E-state index contributed by atoms with van der Waals surface area (Å²) in [5.41, 5.74) is 1.38. The Morgan fingerprint density at radius 2 is 1.84 bits per heavy atom. The van der Waals surface area contributed by atoms with E-state index in [4.69, 9.17) is 9.47 Å². The van der Waals surface area contributed by atoms with Gasteiger partial charge in [-0.1, -0.05) is 24.3 Å². The molecule has 2 atom stereocenters. The third kappa shape index (κ3) is 5.95.